The Hall–Kier alpha value is -2.63. The van der Waals surface area contributed by atoms with Gasteiger partial charge in [-0.1, -0.05) is 0 Å². The number of imidazole rings is 1. The van der Waals surface area contributed by atoms with Crippen LogP contribution in [0.3, 0.4) is 0 Å². The normalized spacial score (nSPS) is 20.5. The summed E-state index contributed by atoms with van der Waals surface area (Å²) in [5.41, 5.74) is 0.948. The summed E-state index contributed by atoms with van der Waals surface area (Å²) >= 11 is 0. The lowest BCUT2D eigenvalue weighted by molar-refractivity contribution is -0.150. The number of rotatable bonds is 3. The van der Waals surface area contributed by atoms with E-state index in [1.165, 1.54) is 7.11 Å². The van der Waals surface area contributed by atoms with E-state index in [9.17, 15) is 9.59 Å². The Morgan fingerprint density at radius 2 is 2.00 bits per heavy atom. The van der Waals surface area contributed by atoms with Gasteiger partial charge in [-0.25, -0.2) is 4.98 Å². The van der Waals surface area contributed by atoms with Gasteiger partial charge in [0.05, 0.1) is 18.9 Å². The summed E-state index contributed by atoms with van der Waals surface area (Å²) in [6.45, 7) is 2.80. The van der Waals surface area contributed by atoms with Gasteiger partial charge in [0.2, 0.25) is 0 Å². The predicted octanol–water partition coefficient (Wildman–Crippen LogP) is 1.90. The fourth-order valence-corrected chi connectivity index (χ4v) is 2.92. The lowest BCUT2D eigenvalue weighted by Crippen LogP contribution is -2.35. The second-order valence-electron chi connectivity index (χ2n) is 6.05. The second-order valence-corrected chi connectivity index (χ2v) is 6.05. The Balaban J connectivity index is 1.73. The number of benzene rings is 1. The molecule has 0 aliphatic carbocycles. The SMILES string of the molecule is COC(=O)[C@@]1(C)CCN(C(=O)c2ccc(-n3ccnc3)cc2)C1. The first kappa shape index (κ1) is 15.3. The Bertz CT molecular complexity index is 709. The van der Waals surface area contributed by atoms with E-state index >= 15 is 0 Å². The van der Waals surface area contributed by atoms with Crippen molar-refractivity contribution in [2.45, 2.75) is 13.3 Å². The number of ether oxygens (including phenoxy) is 1. The number of aromatic nitrogens is 2. The molecule has 6 heteroatoms. The lowest BCUT2D eigenvalue weighted by Gasteiger charge is -2.22. The van der Waals surface area contributed by atoms with Crippen molar-refractivity contribution in [3.05, 3.63) is 48.5 Å². The molecule has 1 aromatic carbocycles. The van der Waals surface area contributed by atoms with E-state index in [4.69, 9.17) is 4.74 Å². The fourth-order valence-electron chi connectivity index (χ4n) is 2.92. The molecule has 2 heterocycles. The first-order valence-corrected chi connectivity index (χ1v) is 7.49. The summed E-state index contributed by atoms with van der Waals surface area (Å²) in [7, 11) is 1.38. The molecular weight excluding hydrogens is 294 g/mol. The topological polar surface area (TPSA) is 64.4 Å². The van der Waals surface area contributed by atoms with Crippen molar-refractivity contribution < 1.29 is 14.3 Å². The highest BCUT2D eigenvalue weighted by Crippen LogP contribution is 2.32. The van der Waals surface area contributed by atoms with Crippen LogP contribution in [0.15, 0.2) is 43.0 Å². The van der Waals surface area contributed by atoms with Gasteiger partial charge in [-0.05, 0) is 37.6 Å². The molecule has 1 aromatic heterocycles. The molecule has 1 fully saturated rings. The minimum atomic E-state index is -0.610. The van der Waals surface area contributed by atoms with Crippen LogP contribution in [0.4, 0.5) is 0 Å². The van der Waals surface area contributed by atoms with Gasteiger partial charge in [-0.2, -0.15) is 0 Å². The Kier molecular flexibility index (Phi) is 3.90. The lowest BCUT2D eigenvalue weighted by atomic mass is 9.90. The van der Waals surface area contributed by atoms with Crippen LogP contribution < -0.4 is 0 Å². The summed E-state index contributed by atoms with van der Waals surface area (Å²) < 4.78 is 6.72. The van der Waals surface area contributed by atoms with Crippen molar-refractivity contribution in [1.82, 2.24) is 14.5 Å². The maximum atomic E-state index is 12.6. The van der Waals surface area contributed by atoms with Gasteiger partial charge in [0, 0.05) is 36.7 Å². The van der Waals surface area contributed by atoms with E-state index in [0.29, 0.717) is 25.1 Å². The summed E-state index contributed by atoms with van der Waals surface area (Å²) in [5, 5.41) is 0. The van der Waals surface area contributed by atoms with Crippen LogP contribution in [0.1, 0.15) is 23.7 Å². The van der Waals surface area contributed by atoms with Crippen LogP contribution >= 0.6 is 0 Å². The molecule has 0 bridgehead atoms. The monoisotopic (exact) mass is 313 g/mol. The minimum absolute atomic E-state index is 0.0604. The number of esters is 1. The third kappa shape index (κ3) is 2.84. The van der Waals surface area contributed by atoms with E-state index < -0.39 is 5.41 Å². The molecule has 0 N–H and O–H groups in total. The summed E-state index contributed by atoms with van der Waals surface area (Å²) in [6, 6.07) is 7.35. The van der Waals surface area contributed by atoms with Gasteiger partial charge >= 0.3 is 5.97 Å². The molecule has 1 atom stereocenters. The molecule has 0 saturated carbocycles. The number of hydrogen-bond donors (Lipinski definition) is 0. The van der Waals surface area contributed by atoms with Crippen molar-refractivity contribution in [2.24, 2.45) is 5.41 Å². The van der Waals surface area contributed by atoms with E-state index in [1.54, 1.807) is 29.6 Å². The zero-order valence-electron chi connectivity index (χ0n) is 13.2. The van der Waals surface area contributed by atoms with Gasteiger partial charge in [0.15, 0.2) is 0 Å². The van der Waals surface area contributed by atoms with Crippen molar-refractivity contribution in [3.63, 3.8) is 0 Å². The molecule has 6 nitrogen and oxygen atoms in total. The molecule has 23 heavy (non-hydrogen) atoms. The maximum absolute atomic E-state index is 12.6. The molecule has 1 saturated heterocycles. The van der Waals surface area contributed by atoms with Crippen LogP contribution in [0.2, 0.25) is 0 Å². The number of carbonyl (C=O) groups excluding carboxylic acids is 2. The molecule has 3 rings (SSSR count). The number of likely N-dealkylation sites (tertiary alicyclic amines) is 1. The summed E-state index contributed by atoms with van der Waals surface area (Å²) in [4.78, 5) is 30.2. The number of hydrogen-bond acceptors (Lipinski definition) is 4. The smallest absolute Gasteiger partial charge is 0.313 e. The zero-order chi connectivity index (χ0) is 16.4. The largest absolute Gasteiger partial charge is 0.469 e. The summed E-state index contributed by atoms with van der Waals surface area (Å²) in [6.07, 6.45) is 5.88. The molecule has 1 aliphatic rings. The van der Waals surface area contributed by atoms with Crippen LogP contribution in [0.25, 0.3) is 5.69 Å². The standard InChI is InChI=1S/C17H19N3O3/c1-17(16(22)23-2)7-9-19(11-17)15(21)13-3-5-14(6-4-13)20-10-8-18-12-20/h3-6,8,10,12H,7,9,11H2,1-2H3/t17-/m0/s1. The highest BCUT2D eigenvalue weighted by atomic mass is 16.5. The van der Waals surface area contributed by atoms with Gasteiger partial charge in [-0.3, -0.25) is 9.59 Å². The van der Waals surface area contributed by atoms with Gasteiger partial charge in [0.25, 0.3) is 5.91 Å². The van der Waals surface area contributed by atoms with E-state index in [2.05, 4.69) is 4.98 Å². The van der Waals surface area contributed by atoms with E-state index in [0.717, 1.165) is 5.69 Å². The first-order chi connectivity index (χ1) is 11.0. The average molecular weight is 313 g/mol. The predicted molar refractivity (Wildman–Crippen MR) is 84.2 cm³/mol. The molecule has 1 amide bonds. The number of amides is 1. The van der Waals surface area contributed by atoms with Gasteiger partial charge in [-0.15, -0.1) is 0 Å². The fraction of sp³-hybridized carbons (Fsp3) is 0.353. The maximum Gasteiger partial charge on any atom is 0.313 e. The second kappa shape index (κ2) is 5.87. The van der Waals surface area contributed by atoms with Crippen LogP contribution in [-0.4, -0.2) is 46.5 Å². The number of methoxy groups -OCH3 is 1. The molecule has 2 aromatic rings. The third-order valence-electron chi connectivity index (χ3n) is 4.36. The first-order valence-electron chi connectivity index (χ1n) is 7.49. The van der Waals surface area contributed by atoms with Crippen LogP contribution in [-0.2, 0) is 9.53 Å². The summed E-state index contributed by atoms with van der Waals surface area (Å²) in [5.74, 6) is -0.321. The van der Waals surface area contributed by atoms with Crippen molar-refractivity contribution in [1.29, 1.82) is 0 Å². The molecule has 120 valence electrons. The van der Waals surface area contributed by atoms with Crippen LogP contribution in [0, 0.1) is 5.41 Å². The van der Waals surface area contributed by atoms with Gasteiger partial charge < -0.3 is 14.2 Å². The molecule has 0 unspecified atom stereocenters. The Labute approximate surface area is 134 Å². The minimum Gasteiger partial charge on any atom is -0.469 e. The van der Waals surface area contributed by atoms with Crippen molar-refractivity contribution in [3.8, 4) is 5.69 Å². The number of nitrogens with zero attached hydrogens (tertiary/aromatic N) is 3. The highest BCUT2D eigenvalue weighted by molar-refractivity contribution is 5.95. The quantitative estimate of drug-likeness (QED) is 0.812. The van der Waals surface area contributed by atoms with Crippen molar-refractivity contribution in [2.75, 3.05) is 20.2 Å². The Morgan fingerprint density at radius 1 is 1.26 bits per heavy atom. The van der Waals surface area contributed by atoms with Crippen molar-refractivity contribution >= 4 is 11.9 Å². The molecule has 1 aliphatic heterocycles. The average Bonchev–Trinajstić information content (AvgIpc) is 3.24. The molecule has 0 spiro atoms. The Morgan fingerprint density at radius 3 is 2.61 bits per heavy atom. The van der Waals surface area contributed by atoms with Gasteiger partial charge in [0.1, 0.15) is 0 Å². The van der Waals surface area contributed by atoms with Crippen LogP contribution in [0.5, 0.6) is 0 Å². The third-order valence-corrected chi connectivity index (χ3v) is 4.36. The van der Waals surface area contributed by atoms with E-state index in [-0.39, 0.29) is 11.9 Å². The molecular formula is C17H19N3O3. The number of carbonyl (C=O) groups is 2. The molecule has 0 radical (unpaired) electrons. The highest BCUT2D eigenvalue weighted by Gasteiger charge is 2.43. The van der Waals surface area contributed by atoms with E-state index in [1.807, 2.05) is 29.8 Å². The zero-order valence-corrected chi connectivity index (χ0v) is 13.2.